The second kappa shape index (κ2) is 6.67. The molecule has 0 atom stereocenters. The molecule has 140 valence electrons. The molecule has 5 rings (SSSR count). The summed E-state index contributed by atoms with van der Waals surface area (Å²) in [4.78, 5) is 17.1. The molecular weight excluding hydrogens is 445 g/mol. The third-order valence-electron chi connectivity index (χ3n) is 4.16. The van der Waals surface area contributed by atoms with Crippen molar-refractivity contribution in [1.29, 1.82) is 0 Å². The average Bonchev–Trinajstić information content (AvgIpc) is 3.33. The van der Waals surface area contributed by atoms with E-state index in [2.05, 4.69) is 4.99 Å². The number of benzene rings is 2. The van der Waals surface area contributed by atoms with Crippen LogP contribution in [0.5, 0.6) is 11.5 Å². The first-order valence-electron chi connectivity index (χ1n) is 7.99. The van der Waals surface area contributed by atoms with Gasteiger partial charge in [0.15, 0.2) is 17.2 Å². The van der Waals surface area contributed by atoms with Gasteiger partial charge in [0.25, 0.3) is 0 Å². The summed E-state index contributed by atoms with van der Waals surface area (Å²) in [6.45, 7) is 0.177. The SMILES string of the molecule is O=C1OC(c2sc3cc(Cl)cc(Cl)c3c2Cl)=N/C1=C\c1ccc2c(c1)OCO2. The highest BCUT2D eigenvalue weighted by atomic mass is 35.5. The monoisotopic (exact) mass is 451 g/mol. The van der Waals surface area contributed by atoms with Gasteiger partial charge < -0.3 is 14.2 Å². The van der Waals surface area contributed by atoms with E-state index in [1.165, 1.54) is 11.3 Å². The number of hydrogen-bond acceptors (Lipinski definition) is 6. The molecule has 3 heterocycles. The summed E-state index contributed by atoms with van der Waals surface area (Å²) in [6, 6.07) is 8.71. The van der Waals surface area contributed by atoms with Crippen LogP contribution in [0, 0.1) is 0 Å². The molecule has 0 saturated carbocycles. The number of esters is 1. The van der Waals surface area contributed by atoms with Crippen LogP contribution in [-0.2, 0) is 9.53 Å². The van der Waals surface area contributed by atoms with E-state index in [9.17, 15) is 4.79 Å². The van der Waals surface area contributed by atoms with Crippen LogP contribution in [0.3, 0.4) is 0 Å². The minimum absolute atomic E-state index is 0.135. The molecule has 0 saturated heterocycles. The lowest BCUT2D eigenvalue weighted by molar-refractivity contribution is -0.129. The third-order valence-corrected chi connectivity index (χ3v) is 6.30. The molecule has 0 unspecified atom stereocenters. The zero-order valence-electron chi connectivity index (χ0n) is 13.8. The van der Waals surface area contributed by atoms with E-state index in [0.29, 0.717) is 36.8 Å². The van der Waals surface area contributed by atoms with Gasteiger partial charge in [-0.25, -0.2) is 9.79 Å². The number of carbonyl (C=O) groups excluding carboxylic acids is 1. The second-order valence-corrected chi connectivity index (χ2v) is 8.23. The number of ether oxygens (including phenoxy) is 3. The maximum Gasteiger partial charge on any atom is 0.363 e. The summed E-state index contributed by atoms with van der Waals surface area (Å²) in [5, 5.41) is 1.95. The number of nitrogens with zero attached hydrogens (tertiary/aromatic N) is 1. The number of cyclic esters (lactones) is 1. The smallest absolute Gasteiger partial charge is 0.363 e. The first kappa shape index (κ1) is 17.8. The number of rotatable bonds is 2. The molecule has 28 heavy (non-hydrogen) atoms. The largest absolute Gasteiger partial charge is 0.454 e. The Balaban J connectivity index is 1.55. The Kier molecular flexibility index (Phi) is 4.25. The van der Waals surface area contributed by atoms with Crippen molar-refractivity contribution < 1.29 is 19.0 Å². The minimum Gasteiger partial charge on any atom is -0.454 e. The van der Waals surface area contributed by atoms with Crippen molar-refractivity contribution in [3.8, 4) is 11.5 Å². The van der Waals surface area contributed by atoms with Crippen molar-refractivity contribution in [1.82, 2.24) is 0 Å². The molecule has 1 aromatic heterocycles. The fourth-order valence-electron chi connectivity index (χ4n) is 2.92. The first-order chi connectivity index (χ1) is 13.5. The molecule has 2 aliphatic heterocycles. The number of carbonyl (C=O) groups is 1. The summed E-state index contributed by atoms with van der Waals surface area (Å²) in [7, 11) is 0. The van der Waals surface area contributed by atoms with E-state index in [1.807, 2.05) is 0 Å². The molecule has 0 amide bonds. The molecule has 2 aromatic carbocycles. The van der Waals surface area contributed by atoms with Crippen LogP contribution in [0.4, 0.5) is 0 Å². The van der Waals surface area contributed by atoms with Gasteiger partial charge in [0.1, 0.15) is 4.88 Å². The quantitative estimate of drug-likeness (QED) is 0.357. The molecule has 0 bridgehead atoms. The van der Waals surface area contributed by atoms with Crippen LogP contribution in [0.1, 0.15) is 10.4 Å². The zero-order chi connectivity index (χ0) is 19.4. The summed E-state index contributed by atoms with van der Waals surface area (Å²) >= 11 is 20.1. The Hall–Kier alpha value is -2.25. The molecule has 0 N–H and O–H groups in total. The molecule has 0 spiro atoms. The van der Waals surface area contributed by atoms with E-state index in [1.54, 1.807) is 36.4 Å². The highest BCUT2D eigenvalue weighted by Crippen LogP contribution is 2.42. The fourth-order valence-corrected chi connectivity index (χ4v) is 5.22. The topological polar surface area (TPSA) is 57.1 Å². The Morgan fingerprint density at radius 1 is 1.07 bits per heavy atom. The highest BCUT2D eigenvalue weighted by molar-refractivity contribution is 7.21. The van der Waals surface area contributed by atoms with E-state index in [-0.39, 0.29) is 18.4 Å². The first-order valence-corrected chi connectivity index (χ1v) is 9.94. The van der Waals surface area contributed by atoms with Crippen LogP contribution in [0.2, 0.25) is 15.1 Å². The number of thiophene rings is 1. The van der Waals surface area contributed by atoms with Gasteiger partial charge in [-0.15, -0.1) is 11.3 Å². The molecule has 3 aromatic rings. The third kappa shape index (κ3) is 2.93. The van der Waals surface area contributed by atoms with Crippen LogP contribution >= 0.6 is 46.1 Å². The molecule has 0 radical (unpaired) electrons. The Bertz CT molecular complexity index is 1230. The standard InChI is InChI=1S/C19H8Cl3NO4S/c20-9-5-10(21)15-14(6-9)28-17(16(15)22)18-23-11(19(24)27-18)3-8-1-2-12-13(4-8)26-7-25-12/h1-6H,7H2/b11-3-. The number of halogens is 3. The summed E-state index contributed by atoms with van der Waals surface area (Å²) < 4.78 is 16.8. The van der Waals surface area contributed by atoms with Gasteiger partial charge in [-0.1, -0.05) is 40.9 Å². The van der Waals surface area contributed by atoms with E-state index < -0.39 is 5.97 Å². The van der Waals surface area contributed by atoms with Gasteiger partial charge in [0.2, 0.25) is 12.7 Å². The maximum absolute atomic E-state index is 12.3. The van der Waals surface area contributed by atoms with E-state index in [0.717, 1.165) is 10.3 Å². The predicted octanol–water partition coefficient (Wildman–Crippen LogP) is 5.93. The van der Waals surface area contributed by atoms with Crippen molar-refractivity contribution in [2.75, 3.05) is 6.79 Å². The van der Waals surface area contributed by atoms with E-state index >= 15 is 0 Å². The van der Waals surface area contributed by atoms with Gasteiger partial charge in [-0.2, -0.15) is 0 Å². The maximum atomic E-state index is 12.3. The van der Waals surface area contributed by atoms with Crippen LogP contribution in [0.15, 0.2) is 41.0 Å². The lowest BCUT2D eigenvalue weighted by Crippen LogP contribution is -2.04. The Labute approximate surface area is 177 Å². The molecule has 2 aliphatic rings. The zero-order valence-corrected chi connectivity index (χ0v) is 16.9. The predicted molar refractivity (Wildman–Crippen MR) is 110 cm³/mol. The number of aliphatic imine (C=N–C) groups is 1. The van der Waals surface area contributed by atoms with Crippen LogP contribution in [0.25, 0.3) is 16.2 Å². The molecule has 0 fully saturated rings. The summed E-state index contributed by atoms with van der Waals surface area (Å²) in [5.74, 6) is 0.845. The van der Waals surface area contributed by atoms with Crippen molar-refractivity contribution in [2.24, 2.45) is 4.99 Å². The van der Waals surface area contributed by atoms with Gasteiger partial charge >= 0.3 is 5.97 Å². The molecule has 9 heteroatoms. The summed E-state index contributed by atoms with van der Waals surface area (Å²) in [6.07, 6.45) is 1.61. The van der Waals surface area contributed by atoms with Crippen LogP contribution in [-0.4, -0.2) is 18.7 Å². The van der Waals surface area contributed by atoms with Gasteiger partial charge in [0, 0.05) is 15.1 Å². The summed E-state index contributed by atoms with van der Waals surface area (Å²) in [5.41, 5.74) is 0.894. The van der Waals surface area contributed by atoms with Gasteiger partial charge in [0.05, 0.1) is 10.0 Å². The molecular formula is C19H8Cl3NO4S. The normalized spacial score (nSPS) is 16.8. The van der Waals surface area contributed by atoms with Crippen molar-refractivity contribution >= 4 is 74.2 Å². The highest BCUT2D eigenvalue weighted by Gasteiger charge is 2.29. The fraction of sp³-hybridized carbons (Fsp3) is 0.0526. The van der Waals surface area contributed by atoms with Gasteiger partial charge in [-0.05, 0) is 35.9 Å². The van der Waals surface area contributed by atoms with Gasteiger partial charge in [-0.3, -0.25) is 0 Å². The number of fused-ring (bicyclic) bond motifs is 2. The van der Waals surface area contributed by atoms with Crippen molar-refractivity contribution in [2.45, 2.75) is 0 Å². The van der Waals surface area contributed by atoms with Crippen molar-refractivity contribution in [3.63, 3.8) is 0 Å². The van der Waals surface area contributed by atoms with Crippen LogP contribution < -0.4 is 9.47 Å². The Morgan fingerprint density at radius 2 is 1.89 bits per heavy atom. The molecule has 0 aliphatic carbocycles. The van der Waals surface area contributed by atoms with Crippen molar-refractivity contribution in [3.05, 3.63) is 61.5 Å². The minimum atomic E-state index is -0.565. The second-order valence-electron chi connectivity index (χ2n) is 5.95. The molecule has 5 nitrogen and oxygen atoms in total. The number of hydrogen-bond donors (Lipinski definition) is 0. The lowest BCUT2D eigenvalue weighted by Gasteiger charge is -1.98. The Morgan fingerprint density at radius 3 is 2.75 bits per heavy atom. The average molecular weight is 453 g/mol. The van der Waals surface area contributed by atoms with E-state index in [4.69, 9.17) is 49.0 Å². The lowest BCUT2D eigenvalue weighted by atomic mass is 10.1.